The van der Waals surface area contributed by atoms with Crippen molar-refractivity contribution in [3.8, 4) is 0 Å². The summed E-state index contributed by atoms with van der Waals surface area (Å²) in [5.41, 5.74) is 0.230. The van der Waals surface area contributed by atoms with Gasteiger partial charge in [0.05, 0.1) is 15.5 Å². The van der Waals surface area contributed by atoms with Crippen LogP contribution in [0.1, 0.15) is 31.9 Å². The number of nitrogens with zero attached hydrogens (tertiary/aromatic N) is 3. The molecule has 0 aromatic heterocycles. The van der Waals surface area contributed by atoms with Crippen LogP contribution >= 0.6 is 23.2 Å². The predicted molar refractivity (Wildman–Crippen MR) is 183 cm³/mol. The number of carbonyl (C=O) groups is 2. The van der Waals surface area contributed by atoms with Gasteiger partial charge in [-0.25, -0.2) is 8.42 Å². The first kappa shape index (κ1) is 35.4. The summed E-state index contributed by atoms with van der Waals surface area (Å²) in [6.45, 7) is 4.47. The smallest absolute Gasteiger partial charge is 0.269 e. The molecule has 0 unspecified atom stereocenters. The normalized spacial score (nSPS) is 12.2. The number of hydrogen-bond acceptors (Lipinski definition) is 6. The predicted octanol–water partition coefficient (Wildman–Crippen LogP) is 6.65. The topological polar surface area (TPSA) is 130 Å². The number of rotatable bonds is 12. The molecule has 4 rings (SSSR count). The van der Waals surface area contributed by atoms with Crippen molar-refractivity contribution in [1.82, 2.24) is 10.2 Å². The summed E-state index contributed by atoms with van der Waals surface area (Å²) < 4.78 is 29.0. The number of nitro groups is 1. The van der Waals surface area contributed by atoms with Gasteiger partial charge in [0.25, 0.3) is 15.7 Å². The third kappa shape index (κ3) is 9.09. The molecule has 1 N–H and O–H groups in total. The maximum Gasteiger partial charge on any atom is 0.269 e. The van der Waals surface area contributed by atoms with Crippen molar-refractivity contribution in [3.05, 3.63) is 134 Å². The van der Waals surface area contributed by atoms with E-state index in [-0.39, 0.29) is 39.3 Å². The van der Waals surface area contributed by atoms with Crippen molar-refractivity contribution >= 4 is 56.4 Å². The highest BCUT2D eigenvalue weighted by Crippen LogP contribution is 2.30. The Hall–Kier alpha value is -4.45. The highest BCUT2D eigenvalue weighted by atomic mass is 35.5. The number of carbonyl (C=O) groups excluding carboxylic acids is 2. The van der Waals surface area contributed by atoms with Gasteiger partial charge < -0.3 is 10.2 Å². The van der Waals surface area contributed by atoms with Crippen molar-refractivity contribution in [2.24, 2.45) is 0 Å². The molecule has 10 nitrogen and oxygen atoms in total. The van der Waals surface area contributed by atoms with E-state index >= 15 is 0 Å². The standard InChI is InChI=1S/C34H34Cl2N4O6S/c1-34(2,3)37-33(42)31(21-24-11-6-4-7-12-24)38(22-28-29(35)15-10-16-30(28)36)32(41)23-39(25-17-19-26(20-18-25)40(43)44)47(45,46)27-13-8-5-9-14-27/h4-20,31H,21-23H2,1-3H3,(H,37,42)/t31-/m0/s1. The van der Waals surface area contributed by atoms with E-state index < -0.39 is 44.9 Å². The summed E-state index contributed by atoms with van der Waals surface area (Å²) in [6, 6.07) is 25.2. The van der Waals surface area contributed by atoms with E-state index in [0.29, 0.717) is 5.56 Å². The minimum Gasteiger partial charge on any atom is -0.350 e. The van der Waals surface area contributed by atoms with Gasteiger partial charge in [0, 0.05) is 46.2 Å². The molecule has 13 heteroatoms. The zero-order valence-corrected chi connectivity index (χ0v) is 28.3. The SMILES string of the molecule is CC(C)(C)NC(=O)[C@H](Cc1ccccc1)N(Cc1c(Cl)cccc1Cl)C(=O)CN(c1ccc([N+](=O)[O-])cc1)S(=O)(=O)c1ccccc1. The molecule has 4 aromatic rings. The van der Waals surface area contributed by atoms with Crippen molar-refractivity contribution in [2.45, 2.75) is 50.2 Å². The zero-order valence-electron chi connectivity index (χ0n) is 26.0. The second kappa shape index (κ2) is 15.0. The number of benzene rings is 4. The molecule has 4 aromatic carbocycles. The van der Waals surface area contributed by atoms with Gasteiger partial charge in [-0.05, 0) is 62.7 Å². The third-order valence-corrected chi connectivity index (χ3v) is 9.61. The highest BCUT2D eigenvalue weighted by molar-refractivity contribution is 7.92. The van der Waals surface area contributed by atoms with Crippen molar-refractivity contribution in [1.29, 1.82) is 0 Å². The Morgan fingerprint density at radius 2 is 1.40 bits per heavy atom. The average Bonchev–Trinajstić information content (AvgIpc) is 3.02. The number of non-ortho nitro benzene ring substituents is 1. The van der Waals surface area contributed by atoms with Crippen LogP contribution < -0.4 is 9.62 Å². The first-order valence-electron chi connectivity index (χ1n) is 14.6. The lowest BCUT2D eigenvalue weighted by Crippen LogP contribution is -2.56. The second-order valence-corrected chi connectivity index (χ2v) is 14.4. The Bertz CT molecular complexity index is 1810. The summed E-state index contributed by atoms with van der Waals surface area (Å²) in [7, 11) is -4.38. The van der Waals surface area contributed by atoms with Crippen LogP contribution in [0.2, 0.25) is 10.0 Å². The van der Waals surface area contributed by atoms with Gasteiger partial charge in [-0.3, -0.25) is 24.0 Å². The Morgan fingerprint density at radius 1 is 0.851 bits per heavy atom. The molecule has 0 aliphatic heterocycles. The molecule has 0 bridgehead atoms. The number of anilines is 1. The van der Waals surface area contributed by atoms with E-state index in [9.17, 15) is 28.1 Å². The number of halogens is 2. The number of nitrogens with one attached hydrogen (secondary N) is 1. The summed E-state index contributed by atoms with van der Waals surface area (Å²) in [6.07, 6.45) is 0.0968. The lowest BCUT2D eigenvalue weighted by Gasteiger charge is -2.35. The summed E-state index contributed by atoms with van der Waals surface area (Å²) in [4.78, 5) is 40.4. The van der Waals surface area contributed by atoms with Gasteiger partial charge in [-0.2, -0.15) is 0 Å². The summed E-state index contributed by atoms with van der Waals surface area (Å²) in [5, 5.41) is 14.8. The molecule has 0 fully saturated rings. The first-order valence-corrected chi connectivity index (χ1v) is 16.8. The van der Waals surface area contributed by atoms with Crippen LogP contribution in [0.3, 0.4) is 0 Å². The van der Waals surface area contributed by atoms with Crippen molar-refractivity contribution in [3.63, 3.8) is 0 Å². The molecular weight excluding hydrogens is 663 g/mol. The van der Waals surface area contributed by atoms with Gasteiger partial charge in [0.15, 0.2) is 0 Å². The Morgan fingerprint density at radius 3 is 1.94 bits per heavy atom. The molecule has 47 heavy (non-hydrogen) atoms. The van der Waals surface area contributed by atoms with E-state index in [1.54, 1.807) is 36.4 Å². The van der Waals surface area contributed by atoms with Crippen LogP contribution in [0, 0.1) is 10.1 Å². The van der Waals surface area contributed by atoms with Gasteiger partial charge in [-0.1, -0.05) is 77.8 Å². The van der Waals surface area contributed by atoms with Crippen LogP contribution in [0.25, 0.3) is 0 Å². The molecule has 0 aliphatic rings. The Labute approximate surface area is 284 Å². The molecule has 0 saturated heterocycles. The van der Waals surface area contributed by atoms with Gasteiger partial charge in [0.2, 0.25) is 11.8 Å². The molecular formula is C34H34Cl2N4O6S. The van der Waals surface area contributed by atoms with Crippen LogP contribution in [0.15, 0.2) is 108 Å². The molecule has 1 atom stereocenters. The monoisotopic (exact) mass is 696 g/mol. The van der Waals surface area contributed by atoms with Crippen LogP contribution in [0.4, 0.5) is 11.4 Å². The van der Waals surface area contributed by atoms with Crippen LogP contribution in [-0.2, 0) is 32.6 Å². The van der Waals surface area contributed by atoms with E-state index in [2.05, 4.69) is 5.32 Å². The summed E-state index contributed by atoms with van der Waals surface area (Å²) in [5.74, 6) is -1.20. The molecule has 2 amide bonds. The fourth-order valence-corrected chi connectivity index (χ4v) is 6.80. The van der Waals surface area contributed by atoms with Gasteiger partial charge >= 0.3 is 0 Å². The second-order valence-electron chi connectivity index (χ2n) is 11.8. The fourth-order valence-electron chi connectivity index (χ4n) is 4.85. The highest BCUT2D eigenvalue weighted by Gasteiger charge is 2.36. The Kier molecular flexibility index (Phi) is 11.3. The molecule has 0 spiro atoms. The lowest BCUT2D eigenvalue weighted by molar-refractivity contribution is -0.384. The maximum atomic E-state index is 14.6. The summed E-state index contributed by atoms with van der Waals surface area (Å²) >= 11 is 13.1. The lowest BCUT2D eigenvalue weighted by atomic mass is 10.0. The number of hydrogen-bond donors (Lipinski definition) is 1. The van der Waals surface area contributed by atoms with Crippen molar-refractivity contribution in [2.75, 3.05) is 10.8 Å². The minimum absolute atomic E-state index is 0.0160. The maximum absolute atomic E-state index is 14.6. The number of amides is 2. The molecule has 246 valence electrons. The average molecular weight is 698 g/mol. The van der Waals surface area contributed by atoms with Crippen LogP contribution in [-0.4, -0.2) is 48.2 Å². The van der Waals surface area contributed by atoms with E-state index in [4.69, 9.17) is 23.2 Å². The fraction of sp³-hybridized carbons (Fsp3) is 0.235. The first-order chi connectivity index (χ1) is 22.2. The molecule has 0 radical (unpaired) electrons. The quantitative estimate of drug-likeness (QED) is 0.130. The minimum atomic E-state index is -4.38. The number of nitro benzene ring substituents is 1. The van der Waals surface area contributed by atoms with E-state index in [0.717, 1.165) is 22.0 Å². The molecule has 0 aliphatic carbocycles. The molecule has 0 heterocycles. The van der Waals surface area contributed by atoms with Gasteiger partial charge in [-0.15, -0.1) is 0 Å². The van der Waals surface area contributed by atoms with Crippen LogP contribution in [0.5, 0.6) is 0 Å². The third-order valence-electron chi connectivity index (χ3n) is 7.12. The Balaban J connectivity index is 1.86. The van der Waals surface area contributed by atoms with E-state index in [1.807, 2.05) is 51.1 Å². The largest absolute Gasteiger partial charge is 0.350 e. The zero-order chi connectivity index (χ0) is 34.4. The van der Waals surface area contributed by atoms with E-state index in [1.165, 1.54) is 29.2 Å². The molecule has 0 saturated carbocycles. The van der Waals surface area contributed by atoms with Crippen molar-refractivity contribution < 1.29 is 22.9 Å². The number of sulfonamides is 1. The van der Waals surface area contributed by atoms with Gasteiger partial charge in [0.1, 0.15) is 12.6 Å².